The minimum atomic E-state index is 0.318. The molecule has 1 aromatic rings. The van der Waals surface area contributed by atoms with Crippen molar-refractivity contribution in [3.8, 4) is 12.3 Å². The lowest BCUT2D eigenvalue weighted by Crippen LogP contribution is -2.05. The number of rotatable bonds is 5. The molecule has 0 saturated carbocycles. The molecule has 0 atom stereocenters. The highest BCUT2D eigenvalue weighted by Crippen LogP contribution is 2.01. The summed E-state index contributed by atoms with van der Waals surface area (Å²) < 4.78 is 0. The Morgan fingerprint density at radius 2 is 2.54 bits per heavy atom. The van der Waals surface area contributed by atoms with Crippen molar-refractivity contribution in [2.24, 2.45) is 0 Å². The molecule has 0 aliphatic heterocycles. The molecule has 1 rings (SSSR count). The number of nitrogen functional groups attached to an aromatic ring is 1. The summed E-state index contributed by atoms with van der Waals surface area (Å²) in [7, 11) is 0. The lowest BCUT2D eigenvalue weighted by Gasteiger charge is -1.98. The average molecular weight is 197 g/mol. The van der Waals surface area contributed by atoms with Gasteiger partial charge in [-0.25, -0.2) is 5.10 Å². The molecule has 0 fully saturated rings. The highest BCUT2D eigenvalue weighted by Gasteiger charge is 1.96. The van der Waals surface area contributed by atoms with Gasteiger partial charge in [0.1, 0.15) is 0 Å². The topological polar surface area (TPSA) is 79.6 Å². The van der Waals surface area contributed by atoms with E-state index < -0.39 is 0 Å². The van der Waals surface area contributed by atoms with E-state index in [1.54, 1.807) is 11.8 Å². The molecule has 0 unspecified atom stereocenters. The number of terminal acetylenes is 1. The first-order chi connectivity index (χ1) is 6.33. The number of hydrogen-bond acceptors (Lipinski definition) is 5. The van der Waals surface area contributed by atoms with Crippen LogP contribution in [0.4, 0.5) is 11.9 Å². The van der Waals surface area contributed by atoms with Gasteiger partial charge >= 0.3 is 0 Å². The maximum Gasteiger partial charge on any atom is 0.243 e. The fraction of sp³-hybridized carbons (Fsp3) is 0.429. The number of thioether (sulfide) groups is 1. The van der Waals surface area contributed by atoms with Gasteiger partial charge in [-0.15, -0.1) is 23.3 Å². The molecule has 4 N–H and O–H groups in total. The largest absolute Gasteiger partial charge is 0.368 e. The molecule has 5 nitrogen and oxygen atoms in total. The highest BCUT2D eigenvalue weighted by atomic mass is 32.2. The van der Waals surface area contributed by atoms with Gasteiger partial charge in [-0.1, -0.05) is 5.92 Å². The zero-order valence-corrected chi connectivity index (χ0v) is 7.90. The smallest absolute Gasteiger partial charge is 0.243 e. The van der Waals surface area contributed by atoms with Crippen LogP contribution in [-0.4, -0.2) is 33.2 Å². The zero-order chi connectivity index (χ0) is 9.52. The van der Waals surface area contributed by atoms with E-state index in [1.165, 1.54) is 0 Å². The third kappa shape index (κ3) is 3.71. The summed E-state index contributed by atoms with van der Waals surface area (Å²) in [5, 5.41) is 9.35. The van der Waals surface area contributed by atoms with Crippen LogP contribution in [0.25, 0.3) is 0 Å². The molecule has 1 aromatic heterocycles. The van der Waals surface area contributed by atoms with Gasteiger partial charge in [-0.2, -0.15) is 4.98 Å². The van der Waals surface area contributed by atoms with E-state index in [2.05, 4.69) is 26.4 Å². The quantitative estimate of drug-likeness (QED) is 0.463. The second-order valence-electron chi connectivity index (χ2n) is 2.23. The van der Waals surface area contributed by atoms with Crippen molar-refractivity contribution in [2.45, 2.75) is 0 Å². The van der Waals surface area contributed by atoms with Gasteiger partial charge in [-0.05, 0) is 0 Å². The fourth-order valence-corrected chi connectivity index (χ4v) is 1.23. The van der Waals surface area contributed by atoms with Crippen LogP contribution >= 0.6 is 11.8 Å². The highest BCUT2D eigenvalue weighted by molar-refractivity contribution is 7.99. The van der Waals surface area contributed by atoms with Gasteiger partial charge in [0.15, 0.2) is 0 Å². The van der Waals surface area contributed by atoms with Crippen molar-refractivity contribution < 1.29 is 0 Å². The molecule has 70 valence electrons. The Morgan fingerprint density at radius 3 is 3.15 bits per heavy atom. The van der Waals surface area contributed by atoms with Crippen LogP contribution in [0.15, 0.2) is 0 Å². The summed E-state index contributed by atoms with van der Waals surface area (Å²) in [5.74, 6) is 5.06. The number of nitrogens with two attached hydrogens (primary N) is 1. The summed E-state index contributed by atoms with van der Waals surface area (Å²) in [6, 6.07) is 0. The van der Waals surface area contributed by atoms with E-state index in [-0.39, 0.29) is 0 Å². The van der Waals surface area contributed by atoms with Crippen molar-refractivity contribution in [3.63, 3.8) is 0 Å². The number of nitrogens with zero attached hydrogens (tertiary/aromatic N) is 2. The monoisotopic (exact) mass is 197 g/mol. The van der Waals surface area contributed by atoms with Gasteiger partial charge in [0.05, 0.1) is 5.75 Å². The fourth-order valence-electron chi connectivity index (χ4n) is 0.719. The molecule has 0 saturated heterocycles. The second-order valence-corrected chi connectivity index (χ2v) is 3.33. The van der Waals surface area contributed by atoms with Crippen LogP contribution in [0.1, 0.15) is 0 Å². The van der Waals surface area contributed by atoms with Crippen LogP contribution in [0, 0.1) is 12.3 Å². The minimum Gasteiger partial charge on any atom is -0.368 e. The average Bonchev–Trinajstić information content (AvgIpc) is 2.51. The Hall–Kier alpha value is -1.35. The van der Waals surface area contributed by atoms with Crippen molar-refractivity contribution in [1.29, 1.82) is 0 Å². The second kappa shape index (κ2) is 5.32. The van der Waals surface area contributed by atoms with Gasteiger partial charge in [0.25, 0.3) is 0 Å². The molecule has 13 heavy (non-hydrogen) atoms. The first-order valence-electron chi connectivity index (χ1n) is 3.76. The van der Waals surface area contributed by atoms with Crippen molar-refractivity contribution in [1.82, 2.24) is 15.2 Å². The third-order valence-electron chi connectivity index (χ3n) is 1.22. The van der Waals surface area contributed by atoms with Crippen LogP contribution in [0.5, 0.6) is 0 Å². The molecule has 0 aliphatic rings. The maximum absolute atomic E-state index is 5.33. The number of aromatic nitrogens is 3. The third-order valence-corrected chi connectivity index (χ3v) is 2.08. The summed E-state index contributed by atoms with van der Waals surface area (Å²) in [5.41, 5.74) is 5.33. The van der Waals surface area contributed by atoms with E-state index in [4.69, 9.17) is 12.2 Å². The summed E-state index contributed by atoms with van der Waals surface area (Å²) in [6.45, 7) is 0.781. The number of hydrogen-bond donors (Lipinski definition) is 3. The molecule has 0 aliphatic carbocycles. The first-order valence-corrected chi connectivity index (χ1v) is 4.91. The number of nitrogens with one attached hydrogen (secondary N) is 2. The van der Waals surface area contributed by atoms with Crippen LogP contribution in [0.2, 0.25) is 0 Å². The van der Waals surface area contributed by atoms with Gasteiger partial charge in [-0.3, -0.25) is 0 Å². The standard InChI is InChI=1S/C7H11N5S/c1-2-4-13-5-3-9-7-10-6(8)11-12-7/h1H,3-5H2,(H4,8,9,10,11,12). The molecule has 1 heterocycles. The van der Waals surface area contributed by atoms with Crippen molar-refractivity contribution in [3.05, 3.63) is 0 Å². The van der Waals surface area contributed by atoms with Crippen molar-refractivity contribution in [2.75, 3.05) is 29.1 Å². The lowest BCUT2D eigenvalue weighted by molar-refractivity contribution is 1.07. The SMILES string of the molecule is C#CCSCCNc1n[nH]c(N)n1. The van der Waals surface area contributed by atoms with Crippen LogP contribution in [-0.2, 0) is 0 Å². The maximum atomic E-state index is 5.33. The molecule has 0 aromatic carbocycles. The number of aromatic amines is 1. The summed E-state index contributed by atoms with van der Waals surface area (Å²) >= 11 is 1.68. The van der Waals surface area contributed by atoms with E-state index in [1.807, 2.05) is 0 Å². The van der Waals surface area contributed by atoms with Crippen LogP contribution in [0.3, 0.4) is 0 Å². The number of anilines is 2. The molecule has 0 radical (unpaired) electrons. The minimum absolute atomic E-state index is 0.318. The molecule has 6 heteroatoms. The van der Waals surface area contributed by atoms with Gasteiger partial charge in [0.2, 0.25) is 11.9 Å². The number of H-pyrrole nitrogens is 1. The summed E-state index contributed by atoms with van der Waals surface area (Å²) in [4.78, 5) is 3.88. The molecule has 0 bridgehead atoms. The van der Waals surface area contributed by atoms with E-state index in [9.17, 15) is 0 Å². The van der Waals surface area contributed by atoms with E-state index >= 15 is 0 Å². The predicted octanol–water partition coefficient (Wildman–Crippen LogP) is 0.165. The first kappa shape index (κ1) is 9.74. The Morgan fingerprint density at radius 1 is 1.69 bits per heavy atom. The Bertz CT molecular complexity index is 289. The predicted molar refractivity (Wildman–Crippen MR) is 55.4 cm³/mol. The van der Waals surface area contributed by atoms with Gasteiger partial charge < -0.3 is 11.1 Å². The Balaban J connectivity index is 2.10. The Labute approximate surface area is 80.9 Å². The molecule has 0 spiro atoms. The molecular weight excluding hydrogens is 186 g/mol. The molecule has 0 amide bonds. The van der Waals surface area contributed by atoms with Crippen LogP contribution < -0.4 is 11.1 Å². The van der Waals surface area contributed by atoms with E-state index in [0.717, 1.165) is 18.1 Å². The zero-order valence-electron chi connectivity index (χ0n) is 7.08. The van der Waals surface area contributed by atoms with Gasteiger partial charge in [0, 0.05) is 12.3 Å². The van der Waals surface area contributed by atoms with E-state index in [0.29, 0.717) is 11.9 Å². The molecular formula is C7H11N5S. The lowest BCUT2D eigenvalue weighted by atomic mass is 10.7. The Kier molecular flexibility index (Phi) is 3.99. The normalized spacial score (nSPS) is 9.46. The summed E-state index contributed by atoms with van der Waals surface area (Å²) in [6.07, 6.45) is 5.09. The van der Waals surface area contributed by atoms with Crippen molar-refractivity contribution >= 4 is 23.7 Å².